The fourth-order valence-electron chi connectivity index (χ4n) is 1.81. The molecule has 26 heavy (non-hydrogen) atoms. The number of esters is 1. The zero-order valence-corrected chi connectivity index (χ0v) is 15.0. The minimum absolute atomic E-state index is 0.325. The van der Waals surface area contributed by atoms with Crippen LogP contribution in [0.3, 0.4) is 0 Å². The largest absolute Gasteiger partial charge is 0.491 e. The summed E-state index contributed by atoms with van der Waals surface area (Å²) in [6, 6.07) is 6.77. The second-order valence-corrected chi connectivity index (χ2v) is 4.88. The molecule has 144 valence electrons. The smallest absolute Gasteiger partial charge is 0.338 e. The quantitative estimate of drug-likeness (QED) is 0.155. The molecule has 0 aliphatic heterocycles. The molecule has 0 radical (unpaired) electrons. The number of nitrogens with zero attached hydrogens (tertiary/aromatic N) is 3. The zero-order chi connectivity index (χ0) is 18.9. The third kappa shape index (κ3) is 10.5. The van der Waals surface area contributed by atoms with Crippen LogP contribution in [0.2, 0.25) is 0 Å². The summed E-state index contributed by atoms with van der Waals surface area (Å²) >= 11 is 0. The van der Waals surface area contributed by atoms with Gasteiger partial charge in [-0.25, -0.2) is 4.79 Å². The molecule has 0 aliphatic carbocycles. The fraction of sp³-hybridized carbons (Fsp3) is 0.588. The minimum Gasteiger partial charge on any atom is -0.491 e. The van der Waals surface area contributed by atoms with E-state index < -0.39 is 0 Å². The molecule has 1 rings (SSSR count). The lowest BCUT2D eigenvalue weighted by atomic mass is 10.2. The van der Waals surface area contributed by atoms with Gasteiger partial charge in [0.15, 0.2) is 0 Å². The third-order valence-corrected chi connectivity index (χ3v) is 3.00. The van der Waals surface area contributed by atoms with E-state index in [1.165, 1.54) is 0 Å². The molecule has 0 atom stereocenters. The van der Waals surface area contributed by atoms with Crippen LogP contribution in [0, 0.1) is 0 Å². The molecule has 0 N–H and O–H groups in total. The lowest BCUT2D eigenvalue weighted by Crippen LogP contribution is -2.13. The zero-order valence-electron chi connectivity index (χ0n) is 15.0. The number of azide groups is 1. The first kappa shape index (κ1) is 21.7. The van der Waals surface area contributed by atoms with Gasteiger partial charge in [-0.2, -0.15) is 0 Å². The molecule has 1 aromatic rings. The van der Waals surface area contributed by atoms with Gasteiger partial charge in [0.2, 0.25) is 0 Å². The normalized spacial score (nSPS) is 10.2. The molecule has 1 aromatic carbocycles. The van der Waals surface area contributed by atoms with Gasteiger partial charge in [-0.3, -0.25) is 0 Å². The van der Waals surface area contributed by atoms with Crippen molar-refractivity contribution in [2.75, 3.05) is 59.4 Å². The molecule has 0 amide bonds. The number of ether oxygens (including phenoxy) is 5. The summed E-state index contributed by atoms with van der Waals surface area (Å²) < 4.78 is 26.3. The second kappa shape index (κ2) is 15.0. The average Bonchev–Trinajstić information content (AvgIpc) is 2.66. The first-order valence-electron chi connectivity index (χ1n) is 8.42. The van der Waals surface area contributed by atoms with Gasteiger partial charge in [-0.05, 0) is 36.7 Å². The molecule has 0 aromatic heterocycles. The van der Waals surface area contributed by atoms with E-state index in [4.69, 9.17) is 29.2 Å². The van der Waals surface area contributed by atoms with Gasteiger partial charge in [-0.15, -0.1) is 0 Å². The van der Waals surface area contributed by atoms with E-state index in [0.29, 0.717) is 70.7 Å². The van der Waals surface area contributed by atoms with E-state index in [9.17, 15) is 4.79 Å². The molecule has 0 fully saturated rings. The summed E-state index contributed by atoms with van der Waals surface area (Å²) in [6.45, 7) is 5.51. The lowest BCUT2D eigenvalue weighted by molar-refractivity contribution is 0.0106. The Morgan fingerprint density at radius 1 is 0.962 bits per heavy atom. The second-order valence-electron chi connectivity index (χ2n) is 4.88. The van der Waals surface area contributed by atoms with Crippen molar-refractivity contribution in [1.29, 1.82) is 0 Å². The molecule has 0 spiro atoms. The number of benzene rings is 1. The molecular formula is C17H25N3O6. The van der Waals surface area contributed by atoms with E-state index in [1.807, 2.05) is 0 Å². The fourth-order valence-corrected chi connectivity index (χ4v) is 1.81. The standard InChI is InChI=1S/C17H25N3O6/c1-2-25-17(21)15-3-5-16(6-4-15)26-14-13-24-12-11-23-10-9-22-8-7-19-20-18/h3-6H,2,7-14H2,1H3. The van der Waals surface area contributed by atoms with Crippen LogP contribution in [0.15, 0.2) is 29.4 Å². The summed E-state index contributed by atoms with van der Waals surface area (Å²) in [5.74, 6) is 0.319. The van der Waals surface area contributed by atoms with Crippen molar-refractivity contribution in [2.24, 2.45) is 5.11 Å². The lowest BCUT2D eigenvalue weighted by Gasteiger charge is -2.08. The molecule has 9 heteroatoms. The van der Waals surface area contributed by atoms with E-state index in [-0.39, 0.29) is 5.97 Å². The van der Waals surface area contributed by atoms with E-state index in [0.717, 1.165) is 0 Å². The van der Waals surface area contributed by atoms with Crippen molar-refractivity contribution < 1.29 is 28.5 Å². The summed E-state index contributed by atoms with van der Waals surface area (Å²) in [7, 11) is 0. The maximum absolute atomic E-state index is 11.5. The number of hydrogen-bond donors (Lipinski definition) is 0. The average molecular weight is 367 g/mol. The Kier molecular flexibility index (Phi) is 12.5. The van der Waals surface area contributed by atoms with Crippen molar-refractivity contribution in [3.05, 3.63) is 40.3 Å². The summed E-state index contributed by atoms with van der Waals surface area (Å²) in [4.78, 5) is 14.1. The van der Waals surface area contributed by atoms with Crippen LogP contribution >= 0.6 is 0 Å². The predicted molar refractivity (Wildman–Crippen MR) is 94.4 cm³/mol. The van der Waals surface area contributed by atoms with Crippen LogP contribution < -0.4 is 4.74 Å². The van der Waals surface area contributed by atoms with Crippen LogP contribution in [0.4, 0.5) is 0 Å². The van der Waals surface area contributed by atoms with Gasteiger partial charge >= 0.3 is 5.97 Å². The highest BCUT2D eigenvalue weighted by Gasteiger charge is 2.05. The molecule has 0 saturated heterocycles. The van der Waals surface area contributed by atoms with Crippen LogP contribution in [0.5, 0.6) is 5.75 Å². The molecule has 0 heterocycles. The number of carbonyl (C=O) groups excluding carboxylic acids is 1. The number of rotatable bonds is 15. The Morgan fingerprint density at radius 2 is 1.54 bits per heavy atom. The Bertz CT molecular complexity index is 546. The van der Waals surface area contributed by atoms with Gasteiger partial charge in [0.25, 0.3) is 0 Å². The molecular weight excluding hydrogens is 342 g/mol. The first-order valence-corrected chi connectivity index (χ1v) is 8.42. The van der Waals surface area contributed by atoms with E-state index in [2.05, 4.69) is 10.0 Å². The van der Waals surface area contributed by atoms with Gasteiger partial charge in [0.1, 0.15) is 12.4 Å². The third-order valence-electron chi connectivity index (χ3n) is 3.00. The summed E-state index contributed by atoms with van der Waals surface area (Å²) in [5, 5.41) is 3.35. The van der Waals surface area contributed by atoms with Crippen LogP contribution in [-0.4, -0.2) is 65.4 Å². The molecule has 9 nitrogen and oxygen atoms in total. The van der Waals surface area contributed by atoms with Crippen LogP contribution in [0.25, 0.3) is 10.4 Å². The topological polar surface area (TPSA) is 112 Å². The monoisotopic (exact) mass is 367 g/mol. The van der Waals surface area contributed by atoms with Crippen molar-refractivity contribution in [3.63, 3.8) is 0 Å². The van der Waals surface area contributed by atoms with Gasteiger partial charge in [0, 0.05) is 11.5 Å². The maximum atomic E-state index is 11.5. The van der Waals surface area contributed by atoms with Crippen LogP contribution in [-0.2, 0) is 18.9 Å². The molecule has 0 saturated carbocycles. The highest BCUT2D eigenvalue weighted by atomic mass is 16.6. The highest BCUT2D eigenvalue weighted by Crippen LogP contribution is 2.12. The molecule has 0 aliphatic rings. The summed E-state index contributed by atoms with van der Waals surface area (Å²) in [5.41, 5.74) is 8.57. The Hall–Kier alpha value is -2.32. The van der Waals surface area contributed by atoms with Crippen molar-refractivity contribution in [2.45, 2.75) is 6.92 Å². The van der Waals surface area contributed by atoms with Gasteiger partial charge in [0.05, 0.1) is 51.8 Å². The van der Waals surface area contributed by atoms with Gasteiger partial charge < -0.3 is 23.7 Å². The Balaban J connectivity index is 1.96. The van der Waals surface area contributed by atoms with Gasteiger partial charge in [-0.1, -0.05) is 5.11 Å². The van der Waals surface area contributed by atoms with E-state index >= 15 is 0 Å². The highest BCUT2D eigenvalue weighted by molar-refractivity contribution is 5.89. The molecule has 0 bridgehead atoms. The predicted octanol–water partition coefficient (Wildman–Crippen LogP) is 2.60. The number of carbonyl (C=O) groups is 1. The maximum Gasteiger partial charge on any atom is 0.338 e. The Labute approximate surface area is 152 Å². The van der Waals surface area contributed by atoms with Crippen LogP contribution in [0.1, 0.15) is 17.3 Å². The van der Waals surface area contributed by atoms with Crippen molar-refractivity contribution in [3.8, 4) is 5.75 Å². The summed E-state index contributed by atoms with van der Waals surface area (Å²) in [6.07, 6.45) is 0. The SMILES string of the molecule is CCOC(=O)c1ccc(OCCOCCOCCOCCN=[N+]=[N-])cc1. The first-order chi connectivity index (χ1) is 12.8. The minimum atomic E-state index is -0.344. The number of hydrogen-bond acceptors (Lipinski definition) is 7. The van der Waals surface area contributed by atoms with Crippen molar-refractivity contribution >= 4 is 5.97 Å². The molecule has 0 unspecified atom stereocenters. The van der Waals surface area contributed by atoms with Crippen molar-refractivity contribution in [1.82, 2.24) is 0 Å². The Morgan fingerprint density at radius 3 is 2.12 bits per heavy atom. The van der Waals surface area contributed by atoms with E-state index in [1.54, 1.807) is 31.2 Å².